The van der Waals surface area contributed by atoms with Gasteiger partial charge in [0, 0.05) is 27.2 Å². The van der Waals surface area contributed by atoms with Gasteiger partial charge in [-0.3, -0.25) is 0 Å². The van der Waals surface area contributed by atoms with Crippen LogP contribution >= 0.6 is 0 Å². The molecule has 4 heteroatoms. The monoisotopic (exact) mass is 686 g/mol. The molecule has 10 aromatic rings. The fourth-order valence-electron chi connectivity index (χ4n) is 8.02. The standard InChI is InChI=1S/C50H30N4/c1-52-40-21-26-46(39(27-40)32-51)54-48-24-19-36(34-13-7-3-8-14-34)29-44(48)45-30-37(20-25-49(45)54)38-17-22-42-43-28-35(33-11-5-2-6-12-33)18-23-47(43)53(50(42)31-38)41-15-9-4-10-16-41/h2-31H. The van der Waals surface area contributed by atoms with E-state index in [0.29, 0.717) is 11.3 Å². The molecule has 0 bridgehead atoms. The molecule has 0 aliphatic heterocycles. The van der Waals surface area contributed by atoms with Crippen molar-refractivity contribution in [1.29, 1.82) is 5.26 Å². The minimum Gasteiger partial charge on any atom is -0.309 e. The molecular formula is C50H30N4. The first-order chi connectivity index (χ1) is 26.7. The molecule has 0 saturated heterocycles. The molecular weight excluding hydrogens is 657 g/mol. The highest BCUT2D eigenvalue weighted by Gasteiger charge is 2.19. The Kier molecular flexibility index (Phi) is 7.22. The van der Waals surface area contributed by atoms with Crippen LogP contribution in [-0.2, 0) is 0 Å². The van der Waals surface area contributed by atoms with Crippen molar-refractivity contribution in [2.24, 2.45) is 0 Å². The van der Waals surface area contributed by atoms with Gasteiger partial charge >= 0.3 is 0 Å². The van der Waals surface area contributed by atoms with Crippen LogP contribution in [0.4, 0.5) is 5.69 Å². The van der Waals surface area contributed by atoms with Gasteiger partial charge in [0.15, 0.2) is 5.69 Å². The van der Waals surface area contributed by atoms with Gasteiger partial charge in [-0.25, -0.2) is 4.85 Å². The molecule has 0 saturated carbocycles. The van der Waals surface area contributed by atoms with Crippen LogP contribution in [0.25, 0.3) is 93.2 Å². The third kappa shape index (κ3) is 4.98. The molecule has 0 fully saturated rings. The minimum atomic E-state index is 0.448. The smallest absolute Gasteiger partial charge is 0.188 e. The largest absolute Gasteiger partial charge is 0.309 e. The quantitative estimate of drug-likeness (QED) is 0.166. The molecule has 0 spiro atoms. The van der Waals surface area contributed by atoms with Crippen molar-refractivity contribution in [3.8, 4) is 50.8 Å². The average molecular weight is 687 g/mol. The lowest BCUT2D eigenvalue weighted by molar-refractivity contribution is 1.17. The van der Waals surface area contributed by atoms with E-state index in [1.54, 1.807) is 12.1 Å². The Balaban J connectivity index is 1.21. The number of nitriles is 1. The van der Waals surface area contributed by atoms with E-state index >= 15 is 0 Å². The molecule has 10 rings (SSSR count). The van der Waals surface area contributed by atoms with Crippen LogP contribution < -0.4 is 0 Å². The minimum absolute atomic E-state index is 0.448. The third-order valence-corrected chi connectivity index (χ3v) is 10.6. The number of para-hydroxylation sites is 1. The molecule has 0 aliphatic rings. The molecule has 2 heterocycles. The van der Waals surface area contributed by atoms with Crippen molar-refractivity contribution in [2.45, 2.75) is 0 Å². The molecule has 0 radical (unpaired) electrons. The Morgan fingerprint density at radius 3 is 1.44 bits per heavy atom. The summed E-state index contributed by atoms with van der Waals surface area (Å²) in [7, 11) is 0. The Hall–Kier alpha value is -7.66. The van der Waals surface area contributed by atoms with Gasteiger partial charge in [0.25, 0.3) is 0 Å². The van der Waals surface area contributed by atoms with Crippen molar-refractivity contribution < 1.29 is 0 Å². The maximum atomic E-state index is 10.2. The topological polar surface area (TPSA) is 38.0 Å². The Morgan fingerprint density at radius 1 is 0.407 bits per heavy atom. The summed E-state index contributed by atoms with van der Waals surface area (Å²) < 4.78 is 4.53. The van der Waals surface area contributed by atoms with Gasteiger partial charge in [0.05, 0.1) is 46.0 Å². The Labute approximate surface area is 312 Å². The predicted octanol–water partition coefficient (Wildman–Crippen LogP) is 13.3. The molecule has 2 aromatic heterocycles. The second-order valence-electron chi connectivity index (χ2n) is 13.6. The van der Waals surface area contributed by atoms with Gasteiger partial charge in [0.1, 0.15) is 0 Å². The molecule has 0 unspecified atom stereocenters. The number of rotatable bonds is 5. The SMILES string of the molecule is [C-]#[N+]c1ccc(-n2c3ccc(-c4ccccc4)cc3c3cc(-c4ccc5c6cc(-c7ccccc7)ccc6n(-c6ccccc6)c5c4)ccc32)c(C#N)c1. The maximum Gasteiger partial charge on any atom is 0.188 e. The number of nitrogens with zero attached hydrogens (tertiary/aromatic N) is 4. The summed E-state index contributed by atoms with van der Waals surface area (Å²) in [6.07, 6.45) is 0. The third-order valence-electron chi connectivity index (χ3n) is 10.6. The first kappa shape index (κ1) is 31.1. The van der Waals surface area contributed by atoms with Crippen molar-refractivity contribution in [3.05, 3.63) is 199 Å². The van der Waals surface area contributed by atoms with Crippen LogP contribution in [0.1, 0.15) is 5.56 Å². The summed E-state index contributed by atoms with van der Waals surface area (Å²) in [6.45, 7) is 7.53. The highest BCUT2D eigenvalue weighted by atomic mass is 15.0. The molecule has 54 heavy (non-hydrogen) atoms. The summed E-state index contributed by atoms with van der Waals surface area (Å²) >= 11 is 0. The lowest BCUT2D eigenvalue weighted by Gasteiger charge is -2.11. The van der Waals surface area contributed by atoms with Gasteiger partial charge in [0.2, 0.25) is 0 Å². The average Bonchev–Trinajstić information content (AvgIpc) is 3.75. The molecule has 0 aliphatic carbocycles. The highest BCUT2D eigenvalue weighted by molar-refractivity contribution is 6.13. The lowest BCUT2D eigenvalue weighted by atomic mass is 9.99. The number of aromatic nitrogens is 2. The summed E-state index contributed by atoms with van der Waals surface area (Å²) in [4.78, 5) is 3.58. The van der Waals surface area contributed by atoms with Crippen molar-refractivity contribution in [2.75, 3.05) is 0 Å². The number of hydrogen-bond acceptors (Lipinski definition) is 1. The van der Waals surface area contributed by atoms with Crippen molar-refractivity contribution in [1.82, 2.24) is 9.13 Å². The second-order valence-corrected chi connectivity index (χ2v) is 13.6. The zero-order valence-electron chi connectivity index (χ0n) is 29.1. The normalized spacial score (nSPS) is 11.3. The number of fused-ring (bicyclic) bond motifs is 6. The fourth-order valence-corrected chi connectivity index (χ4v) is 8.02. The van der Waals surface area contributed by atoms with E-state index in [1.165, 1.54) is 21.9 Å². The summed E-state index contributed by atoms with van der Waals surface area (Å²) in [6, 6.07) is 66.1. The summed E-state index contributed by atoms with van der Waals surface area (Å²) in [5, 5.41) is 14.8. The van der Waals surface area contributed by atoms with Crippen molar-refractivity contribution >= 4 is 49.3 Å². The lowest BCUT2D eigenvalue weighted by Crippen LogP contribution is -1.97. The Morgan fingerprint density at radius 2 is 0.889 bits per heavy atom. The van der Waals surface area contributed by atoms with Crippen LogP contribution in [0.15, 0.2) is 182 Å². The first-order valence-corrected chi connectivity index (χ1v) is 17.9. The zero-order valence-corrected chi connectivity index (χ0v) is 29.1. The van der Waals surface area contributed by atoms with Crippen LogP contribution in [0.2, 0.25) is 0 Å². The second kappa shape index (κ2) is 12.5. The predicted molar refractivity (Wildman–Crippen MR) is 222 cm³/mol. The van der Waals surface area contributed by atoms with E-state index in [-0.39, 0.29) is 0 Å². The van der Waals surface area contributed by atoms with E-state index in [2.05, 4.69) is 178 Å². The summed E-state index contributed by atoms with van der Waals surface area (Å²) in [5.74, 6) is 0. The van der Waals surface area contributed by atoms with Crippen LogP contribution in [0.3, 0.4) is 0 Å². The highest BCUT2D eigenvalue weighted by Crippen LogP contribution is 2.41. The molecule has 0 amide bonds. The fraction of sp³-hybridized carbons (Fsp3) is 0. The van der Waals surface area contributed by atoms with E-state index in [0.717, 1.165) is 66.5 Å². The van der Waals surface area contributed by atoms with Crippen LogP contribution in [0.5, 0.6) is 0 Å². The maximum absolute atomic E-state index is 10.2. The Bertz CT molecular complexity index is 3160. The molecule has 4 nitrogen and oxygen atoms in total. The van der Waals surface area contributed by atoms with Gasteiger partial charge in [-0.15, -0.1) is 0 Å². The van der Waals surface area contributed by atoms with E-state index in [1.807, 2.05) is 12.1 Å². The molecule has 250 valence electrons. The van der Waals surface area contributed by atoms with Crippen LogP contribution in [0, 0.1) is 17.9 Å². The molecule has 0 atom stereocenters. The van der Waals surface area contributed by atoms with E-state index < -0.39 is 0 Å². The van der Waals surface area contributed by atoms with Crippen molar-refractivity contribution in [3.63, 3.8) is 0 Å². The van der Waals surface area contributed by atoms with Gasteiger partial charge in [-0.1, -0.05) is 115 Å². The number of hydrogen-bond donors (Lipinski definition) is 0. The number of benzene rings is 8. The zero-order chi connectivity index (χ0) is 36.2. The van der Waals surface area contributed by atoms with Gasteiger partial charge in [-0.2, -0.15) is 5.26 Å². The van der Waals surface area contributed by atoms with Crippen LogP contribution in [-0.4, -0.2) is 9.13 Å². The first-order valence-electron chi connectivity index (χ1n) is 17.9. The molecule has 8 aromatic carbocycles. The van der Waals surface area contributed by atoms with Gasteiger partial charge < -0.3 is 9.13 Å². The van der Waals surface area contributed by atoms with E-state index in [9.17, 15) is 5.26 Å². The van der Waals surface area contributed by atoms with E-state index in [4.69, 9.17) is 6.57 Å². The molecule has 0 N–H and O–H groups in total. The summed E-state index contributed by atoms with van der Waals surface area (Å²) in [5.41, 5.74) is 14.0. The van der Waals surface area contributed by atoms with Gasteiger partial charge in [-0.05, 0) is 100 Å².